The Bertz CT molecular complexity index is 745. The van der Waals surface area contributed by atoms with Crippen molar-refractivity contribution in [3.63, 3.8) is 0 Å². The van der Waals surface area contributed by atoms with Crippen molar-refractivity contribution in [3.05, 3.63) is 57.6 Å². The van der Waals surface area contributed by atoms with Crippen molar-refractivity contribution in [1.82, 2.24) is 0 Å². The fourth-order valence-corrected chi connectivity index (χ4v) is 3.66. The second kappa shape index (κ2) is 4.03. The van der Waals surface area contributed by atoms with E-state index in [-0.39, 0.29) is 11.2 Å². The molecule has 0 N–H and O–H groups in total. The van der Waals surface area contributed by atoms with Crippen molar-refractivity contribution in [2.75, 3.05) is 13.2 Å². The maximum absolute atomic E-state index is 11.7. The van der Waals surface area contributed by atoms with E-state index < -0.39 is 0 Å². The van der Waals surface area contributed by atoms with E-state index in [1.807, 2.05) is 12.1 Å². The first-order valence-electron chi connectivity index (χ1n) is 6.65. The summed E-state index contributed by atoms with van der Waals surface area (Å²) in [5.74, 6) is 0.111. The Labute approximate surface area is 125 Å². The second-order valence-corrected chi connectivity index (χ2v) is 6.50. The van der Waals surface area contributed by atoms with E-state index in [1.165, 1.54) is 22.3 Å². The highest BCUT2D eigenvalue weighted by molar-refractivity contribution is 9.10. The lowest BCUT2D eigenvalue weighted by Gasteiger charge is -2.40. The zero-order valence-corrected chi connectivity index (χ0v) is 12.7. The summed E-state index contributed by atoms with van der Waals surface area (Å²) < 4.78 is 6.60. The second-order valence-electron chi connectivity index (χ2n) is 5.58. The van der Waals surface area contributed by atoms with Gasteiger partial charge in [-0.2, -0.15) is 0 Å². The van der Waals surface area contributed by atoms with E-state index in [0.717, 1.165) is 10.0 Å². The molecule has 4 rings (SSSR count). The van der Waals surface area contributed by atoms with Crippen LogP contribution in [0, 0.1) is 0 Å². The summed E-state index contributed by atoms with van der Waals surface area (Å²) in [7, 11) is 0. The summed E-state index contributed by atoms with van der Waals surface area (Å²) in [6.45, 7) is 3.01. The van der Waals surface area contributed by atoms with Crippen molar-refractivity contribution in [2.24, 2.45) is 0 Å². The lowest BCUT2D eigenvalue weighted by atomic mass is 9.76. The topological polar surface area (TPSA) is 26.3 Å². The molecule has 100 valence electrons. The van der Waals surface area contributed by atoms with Crippen LogP contribution in [0.25, 0.3) is 11.1 Å². The number of fused-ring (bicyclic) bond motifs is 5. The Morgan fingerprint density at radius 2 is 1.75 bits per heavy atom. The van der Waals surface area contributed by atoms with Crippen molar-refractivity contribution in [1.29, 1.82) is 0 Å². The normalized spacial score (nSPS) is 17.5. The molecule has 0 radical (unpaired) electrons. The smallest absolute Gasteiger partial charge is 0.159 e. The van der Waals surface area contributed by atoms with Gasteiger partial charge in [-0.3, -0.25) is 4.79 Å². The van der Waals surface area contributed by atoms with E-state index >= 15 is 0 Å². The summed E-state index contributed by atoms with van der Waals surface area (Å²) in [5, 5.41) is 0. The van der Waals surface area contributed by atoms with Crippen molar-refractivity contribution in [2.45, 2.75) is 12.3 Å². The van der Waals surface area contributed by atoms with Crippen molar-refractivity contribution < 1.29 is 9.53 Å². The average molecular weight is 329 g/mol. The third kappa shape index (κ3) is 1.45. The Balaban J connectivity index is 2.01. The fraction of sp³-hybridized carbons (Fsp3) is 0.235. The molecule has 2 nitrogen and oxygen atoms in total. The molecule has 1 fully saturated rings. The van der Waals surface area contributed by atoms with Gasteiger partial charge in [0.2, 0.25) is 0 Å². The minimum absolute atomic E-state index is 0.0556. The molecular formula is C17H13BrO2. The largest absolute Gasteiger partial charge is 0.379 e. The van der Waals surface area contributed by atoms with E-state index in [2.05, 4.69) is 40.2 Å². The van der Waals surface area contributed by atoms with Crippen LogP contribution < -0.4 is 0 Å². The van der Waals surface area contributed by atoms with Gasteiger partial charge in [0, 0.05) is 10.0 Å². The van der Waals surface area contributed by atoms with Gasteiger partial charge in [0.15, 0.2) is 5.78 Å². The lowest BCUT2D eigenvalue weighted by Crippen LogP contribution is -2.46. The molecule has 1 aliphatic heterocycles. The molecule has 0 unspecified atom stereocenters. The summed E-state index contributed by atoms with van der Waals surface area (Å²) >= 11 is 3.56. The maximum atomic E-state index is 11.7. The Morgan fingerprint density at radius 1 is 1.10 bits per heavy atom. The first kappa shape index (κ1) is 12.3. The van der Waals surface area contributed by atoms with Crippen LogP contribution in [-0.2, 0) is 10.2 Å². The lowest BCUT2D eigenvalue weighted by molar-refractivity contribution is -0.0358. The molecule has 2 aliphatic rings. The molecule has 1 aliphatic carbocycles. The standard InChI is InChI=1S/C17H13BrO2/c1-10(19)11-2-4-13-14-5-3-12(18)7-16(14)17(8-20-9-17)15(13)6-11/h2-7H,8-9H2,1H3. The molecule has 0 aromatic heterocycles. The van der Waals surface area contributed by atoms with E-state index in [0.29, 0.717) is 13.2 Å². The molecule has 3 heteroatoms. The first-order chi connectivity index (χ1) is 9.62. The number of carbonyl (C=O) groups is 1. The number of ether oxygens (including phenoxy) is 1. The number of benzene rings is 2. The van der Waals surface area contributed by atoms with Gasteiger partial charge in [-0.05, 0) is 47.4 Å². The van der Waals surface area contributed by atoms with Crippen LogP contribution >= 0.6 is 15.9 Å². The molecule has 20 heavy (non-hydrogen) atoms. The zero-order chi connectivity index (χ0) is 13.9. The number of ketones is 1. The van der Waals surface area contributed by atoms with Crippen LogP contribution in [0.1, 0.15) is 28.4 Å². The summed E-state index contributed by atoms with van der Waals surface area (Å²) in [6.07, 6.45) is 0. The van der Waals surface area contributed by atoms with E-state index in [1.54, 1.807) is 6.92 Å². The number of carbonyl (C=O) groups excluding carboxylic acids is 1. The predicted octanol–water partition coefficient (Wildman–Crippen LogP) is 3.95. The summed E-state index contributed by atoms with van der Waals surface area (Å²) in [4.78, 5) is 11.7. The highest BCUT2D eigenvalue weighted by Crippen LogP contribution is 2.53. The Morgan fingerprint density at radius 3 is 2.35 bits per heavy atom. The molecule has 2 aromatic rings. The Kier molecular flexibility index (Phi) is 2.48. The predicted molar refractivity (Wildman–Crippen MR) is 81.2 cm³/mol. The van der Waals surface area contributed by atoms with Gasteiger partial charge in [-0.1, -0.05) is 34.1 Å². The molecule has 1 heterocycles. The van der Waals surface area contributed by atoms with Gasteiger partial charge >= 0.3 is 0 Å². The van der Waals surface area contributed by atoms with E-state index in [9.17, 15) is 4.79 Å². The third-order valence-electron chi connectivity index (χ3n) is 4.43. The van der Waals surface area contributed by atoms with Gasteiger partial charge in [-0.15, -0.1) is 0 Å². The molecule has 0 bridgehead atoms. The van der Waals surface area contributed by atoms with Crippen LogP contribution in [0.2, 0.25) is 0 Å². The summed E-state index contributed by atoms with van der Waals surface area (Å²) in [5.41, 5.74) is 5.78. The van der Waals surface area contributed by atoms with Crippen molar-refractivity contribution in [3.8, 4) is 11.1 Å². The quantitative estimate of drug-likeness (QED) is 0.741. The van der Waals surface area contributed by atoms with Gasteiger partial charge in [0.25, 0.3) is 0 Å². The first-order valence-corrected chi connectivity index (χ1v) is 7.45. The maximum Gasteiger partial charge on any atom is 0.159 e. The summed E-state index contributed by atoms with van der Waals surface area (Å²) in [6, 6.07) is 12.5. The van der Waals surface area contributed by atoms with Gasteiger partial charge < -0.3 is 4.74 Å². The van der Waals surface area contributed by atoms with Crippen LogP contribution in [0.4, 0.5) is 0 Å². The monoisotopic (exact) mass is 328 g/mol. The minimum atomic E-state index is -0.0556. The van der Waals surface area contributed by atoms with E-state index in [4.69, 9.17) is 4.74 Å². The molecule has 0 amide bonds. The van der Waals surface area contributed by atoms with Crippen LogP contribution in [0.5, 0.6) is 0 Å². The van der Waals surface area contributed by atoms with Crippen molar-refractivity contribution >= 4 is 21.7 Å². The average Bonchev–Trinajstić information content (AvgIpc) is 2.66. The number of Topliss-reactive ketones (excluding diaryl/α,β-unsaturated/α-hetero) is 1. The number of hydrogen-bond donors (Lipinski definition) is 0. The molecular weight excluding hydrogens is 316 g/mol. The minimum Gasteiger partial charge on any atom is -0.379 e. The number of halogens is 1. The molecule has 1 saturated heterocycles. The zero-order valence-electron chi connectivity index (χ0n) is 11.1. The van der Waals surface area contributed by atoms with Crippen LogP contribution in [-0.4, -0.2) is 19.0 Å². The SMILES string of the molecule is CC(=O)c1ccc2c(c1)C1(COC1)c1cc(Br)ccc1-2. The van der Waals surface area contributed by atoms with Crippen LogP contribution in [0.3, 0.4) is 0 Å². The number of hydrogen-bond acceptors (Lipinski definition) is 2. The highest BCUT2D eigenvalue weighted by atomic mass is 79.9. The number of rotatable bonds is 1. The molecule has 0 atom stereocenters. The highest BCUT2D eigenvalue weighted by Gasteiger charge is 2.49. The fourth-order valence-electron chi connectivity index (χ4n) is 3.30. The van der Waals surface area contributed by atoms with Gasteiger partial charge in [0.05, 0.1) is 18.6 Å². The molecule has 2 aromatic carbocycles. The van der Waals surface area contributed by atoms with Crippen LogP contribution in [0.15, 0.2) is 40.9 Å². The van der Waals surface area contributed by atoms with Gasteiger partial charge in [-0.25, -0.2) is 0 Å². The molecule has 1 spiro atoms. The third-order valence-corrected chi connectivity index (χ3v) is 4.92. The molecule has 0 saturated carbocycles. The van der Waals surface area contributed by atoms with Gasteiger partial charge in [0.1, 0.15) is 0 Å². The Hall–Kier alpha value is -1.45.